The van der Waals surface area contributed by atoms with Crippen LogP contribution in [0.25, 0.3) is 0 Å². The number of rotatable bonds is 5. The second-order valence-corrected chi connectivity index (χ2v) is 7.36. The molecule has 1 amide bonds. The number of carboxylic acid groups (broad SMARTS) is 1. The summed E-state index contributed by atoms with van der Waals surface area (Å²) in [4.78, 5) is 36.2. The van der Waals surface area contributed by atoms with Gasteiger partial charge in [0.1, 0.15) is 5.00 Å². The minimum Gasteiger partial charge on any atom is -0.481 e. The molecule has 0 radical (unpaired) electrons. The van der Waals surface area contributed by atoms with E-state index in [0.717, 1.165) is 0 Å². The summed E-state index contributed by atoms with van der Waals surface area (Å²) in [7, 11) is 0. The molecule has 0 aromatic carbocycles. The molecule has 1 saturated carbocycles. The Balaban J connectivity index is 1.76. The topological polar surface area (TPSA) is 92.7 Å². The quantitative estimate of drug-likeness (QED) is 0.630. The summed E-state index contributed by atoms with van der Waals surface area (Å²) in [5.41, 5.74) is 0.299. The van der Waals surface area contributed by atoms with Crippen molar-refractivity contribution < 1.29 is 24.2 Å². The number of carbonyl (C=O) groups excluding carboxylic acids is 2. The third kappa shape index (κ3) is 2.96. The molecule has 4 atom stereocenters. The highest BCUT2D eigenvalue weighted by Crippen LogP contribution is 2.48. The average molecular weight is 349 g/mol. The molecule has 0 aliphatic heterocycles. The molecule has 3 rings (SSSR count). The van der Waals surface area contributed by atoms with Crippen LogP contribution in [0.2, 0.25) is 0 Å². The van der Waals surface area contributed by atoms with Crippen LogP contribution in [0.4, 0.5) is 5.00 Å². The van der Waals surface area contributed by atoms with Crippen LogP contribution in [-0.4, -0.2) is 29.1 Å². The van der Waals surface area contributed by atoms with Gasteiger partial charge in [-0.25, -0.2) is 4.79 Å². The molecule has 0 saturated heterocycles. The van der Waals surface area contributed by atoms with Crippen LogP contribution in [0.1, 0.15) is 30.6 Å². The SMILES string of the molecule is CC(C)OC(=O)c1ccsc1NC(=O)[C@@H]1[C@@H](C(=O)O)[C@H]2C=C[C@H]1C2. The van der Waals surface area contributed by atoms with E-state index >= 15 is 0 Å². The summed E-state index contributed by atoms with van der Waals surface area (Å²) in [6.07, 6.45) is 4.26. The molecule has 1 fully saturated rings. The summed E-state index contributed by atoms with van der Waals surface area (Å²) < 4.78 is 5.16. The van der Waals surface area contributed by atoms with Crippen LogP contribution in [0.15, 0.2) is 23.6 Å². The van der Waals surface area contributed by atoms with Gasteiger partial charge in [0.25, 0.3) is 0 Å². The Morgan fingerprint density at radius 2 is 1.92 bits per heavy atom. The van der Waals surface area contributed by atoms with Gasteiger partial charge in [0.2, 0.25) is 5.91 Å². The zero-order valence-electron chi connectivity index (χ0n) is 13.4. The Morgan fingerprint density at radius 3 is 2.54 bits per heavy atom. The summed E-state index contributed by atoms with van der Waals surface area (Å²) >= 11 is 1.22. The number of allylic oxidation sites excluding steroid dienone is 2. The first-order valence-corrected chi connectivity index (χ1v) is 8.77. The summed E-state index contributed by atoms with van der Waals surface area (Å²) in [6.45, 7) is 3.50. The van der Waals surface area contributed by atoms with Gasteiger partial charge >= 0.3 is 11.9 Å². The lowest BCUT2D eigenvalue weighted by atomic mass is 9.82. The van der Waals surface area contributed by atoms with Crippen LogP contribution >= 0.6 is 11.3 Å². The first-order chi connectivity index (χ1) is 11.4. The second kappa shape index (κ2) is 6.39. The molecule has 1 heterocycles. The van der Waals surface area contributed by atoms with Gasteiger partial charge in [0.05, 0.1) is 23.5 Å². The molecule has 2 aliphatic rings. The zero-order chi connectivity index (χ0) is 17.4. The number of amides is 1. The number of carboxylic acids is 1. The lowest BCUT2D eigenvalue weighted by Gasteiger charge is -2.23. The Bertz CT molecular complexity index is 708. The number of carbonyl (C=O) groups is 3. The van der Waals surface area contributed by atoms with Crippen LogP contribution in [-0.2, 0) is 14.3 Å². The van der Waals surface area contributed by atoms with Crippen molar-refractivity contribution in [1.29, 1.82) is 0 Å². The molecule has 6 nitrogen and oxygen atoms in total. The van der Waals surface area contributed by atoms with Crippen molar-refractivity contribution in [3.63, 3.8) is 0 Å². The molecule has 1 aromatic rings. The van der Waals surface area contributed by atoms with Crippen molar-refractivity contribution in [3.05, 3.63) is 29.2 Å². The van der Waals surface area contributed by atoms with Gasteiger partial charge in [0, 0.05) is 0 Å². The maximum absolute atomic E-state index is 12.7. The third-order valence-corrected chi connectivity index (χ3v) is 5.34. The van der Waals surface area contributed by atoms with E-state index in [4.69, 9.17) is 4.74 Å². The van der Waals surface area contributed by atoms with Crippen molar-refractivity contribution in [2.75, 3.05) is 5.32 Å². The number of aliphatic carboxylic acids is 1. The fourth-order valence-corrected chi connectivity index (χ4v) is 4.33. The van der Waals surface area contributed by atoms with Crippen molar-refractivity contribution in [3.8, 4) is 0 Å². The summed E-state index contributed by atoms with van der Waals surface area (Å²) in [6, 6.07) is 1.60. The normalized spacial score (nSPS) is 27.5. The van der Waals surface area contributed by atoms with E-state index in [9.17, 15) is 19.5 Å². The first-order valence-electron chi connectivity index (χ1n) is 7.89. The highest BCUT2D eigenvalue weighted by Gasteiger charge is 2.51. The minimum atomic E-state index is -0.947. The lowest BCUT2D eigenvalue weighted by Crippen LogP contribution is -2.36. The van der Waals surface area contributed by atoms with Crippen molar-refractivity contribution in [2.45, 2.75) is 26.4 Å². The van der Waals surface area contributed by atoms with Gasteiger partial charge in [-0.05, 0) is 43.6 Å². The van der Waals surface area contributed by atoms with Crippen LogP contribution in [0, 0.1) is 23.7 Å². The molecule has 24 heavy (non-hydrogen) atoms. The molecule has 0 spiro atoms. The Kier molecular flexibility index (Phi) is 4.45. The van der Waals surface area contributed by atoms with Crippen LogP contribution in [0.5, 0.6) is 0 Å². The average Bonchev–Trinajstić information content (AvgIpc) is 3.20. The molecule has 2 N–H and O–H groups in total. The number of hydrogen-bond donors (Lipinski definition) is 2. The fraction of sp³-hybridized carbons (Fsp3) is 0.471. The highest BCUT2D eigenvalue weighted by atomic mass is 32.1. The van der Waals surface area contributed by atoms with E-state index in [2.05, 4.69) is 5.32 Å². The molecule has 1 aromatic heterocycles. The van der Waals surface area contributed by atoms with Crippen molar-refractivity contribution in [1.82, 2.24) is 0 Å². The smallest absolute Gasteiger partial charge is 0.341 e. The van der Waals surface area contributed by atoms with Gasteiger partial charge in [-0.15, -0.1) is 11.3 Å². The number of fused-ring (bicyclic) bond motifs is 2. The maximum atomic E-state index is 12.7. The van der Waals surface area contributed by atoms with E-state index in [1.54, 1.807) is 25.3 Å². The first kappa shape index (κ1) is 16.7. The number of nitrogens with one attached hydrogen (secondary N) is 1. The second-order valence-electron chi connectivity index (χ2n) is 6.44. The Hall–Kier alpha value is -2.15. The molecule has 7 heteroatoms. The van der Waals surface area contributed by atoms with Crippen LogP contribution in [0.3, 0.4) is 0 Å². The predicted molar refractivity (Wildman–Crippen MR) is 88.9 cm³/mol. The molecule has 2 bridgehead atoms. The number of esters is 1. The van der Waals surface area contributed by atoms with Crippen molar-refractivity contribution >= 4 is 34.2 Å². The summed E-state index contributed by atoms with van der Waals surface area (Å²) in [5, 5.41) is 14.3. The fourth-order valence-electron chi connectivity index (χ4n) is 3.56. The molecule has 128 valence electrons. The van der Waals surface area contributed by atoms with E-state index in [0.29, 0.717) is 17.0 Å². The van der Waals surface area contributed by atoms with Gasteiger partial charge in [-0.1, -0.05) is 12.2 Å². The zero-order valence-corrected chi connectivity index (χ0v) is 14.2. The lowest BCUT2D eigenvalue weighted by molar-refractivity contribution is -0.146. The number of anilines is 1. The number of thiophene rings is 1. The summed E-state index contributed by atoms with van der Waals surface area (Å²) in [5.74, 6) is -3.24. The van der Waals surface area contributed by atoms with E-state index < -0.39 is 23.8 Å². The Morgan fingerprint density at radius 1 is 1.25 bits per heavy atom. The standard InChI is InChI=1S/C17H19NO5S/c1-8(2)23-17(22)11-5-6-24-15(11)18-14(19)12-9-3-4-10(7-9)13(12)16(20)21/h3-6,8-10,12-13H,7H2,1-2H3,(H,18,19)(H,20,21)/t9-,10-,12-,13-/m0/s1. The van der Waals surface area contributed by atoms with Gasteiger partial charge < -0.3 is 15.2 Å². The predicted octanol–water partition coefficient (Wildman–Crippen LogP) is 2.77. The van der Waals surface area contributed by atoms with E-state index in [-0.39, 0.29) is 23.8 Å². The monoisotopic (exact) mass is 349 g/mol. The van der Waals surface area contributed by atoms with Crippen molar-refractivity contribution in [2.24, 2.45) is 23.7 Å². The minimum absolute atomic E-state index is 0.0536. The van der Waals surface area contributed by atoms with Crippen LogP contribution < -0.4 is 5.32 Å². The van der Waals surface area contributed by atoms with Gasteiger partial charge in [-0.2, -0.15) is 0 Å². The van der Waals surface area contributed by atoms with Gasteiger partial charge in [0.15, 0.2) is 0 Å². The largest absolute Gasteiger partial charge is 0.481 e. The molecule has 0 unspecified atom stereocenters. The Labute approximate surface area is 143 Å². The van der Waals surface area contributed by atoms with E-state index in [1.807, 2.05) is 12.2 Å². The van der Waals surface area contributed by atoms with Gasteiger partial charge in [-0.3, -0.25) is 9.59 Å². The number of hydrogen-bond acceptors (Lipinski definition) is 5. The molecule has 2 aliphatic carbocycles. The van der Waals surface area contributed by atoms with E-state index in [1.165, 1.54) is 11.3 Å². The molecular formula is C17H19NO5S. The molecular weight excluding hydrogens is 330 g/mol. The number of ether oxygens (including phenoxy) is 1. The highest BCUT2D eigenvalue weighted by molar-refractivity contribution is 7.14. The third-order valence-electron chi connectivity index (χ3n) is 4.51. The maximum Gasteiger partial charge on any atom is 0.341 e.